The summed E-state index contributed by atoms with van der Waals surface area (Å²) in [5, 5.41) is 3.30. The maximum atomic E-state index is 5.45. The summed E-state index contributed by atoms with van der Waals surface area (Å²) in [5.41, 5.74) is 0. The van der Waals surface area contributed by atoms with Gasteiger partial charge in [-0.2, -0.15) is 0 Å². The van der Waals surface area contributed by atoms with Gasteiger partial charge >= 0.3 is 0 Å². The van der Waals surface area contributed by atoms with Crippen molar-refractivity contribution in [2.45, 2.75) is 40.2 Å². The molecular weight excluding hydrogens is 214 g/mol. The summed E-state index contributed by atoms with van der Waals surface area (Å²) in [5.74, 6) is 0.631. The summed E-state index contributed by atoms with van der Waals surface area (Å²) >= 11 is 0. The van der Waals surface area contributed by atoms with Crippen LogP contribution in [0.1, 0.15) is 34.1 Å². The molecule has 0 saturated carbocycles. The van der Waals surface area contributed by atoms with Gasteiger partial charge in [-0.25, -0.2) is 0 Å². The van der Waals surface area contributed by atoms with Gasteiger partial charge in [0.1, 0.15) is 0 Å². The van der Waals surface area contributed by atoms with Crippen molar-refractivity contribution in [2.75, 3.05) is 33.0 Å². The Morgan fingerprint density at radius 1 is 0.941 bits per heavy atom. The van der Waals surface area contributed by atoms with Crippen molar-refractivity contribution < 1.29 is 9.47 Å². The van der Waals surface area contributed by atoms with Gasteiger partial charge < -0.3 is 14.8 Å². The molecule has 0 aromatic heterocycles. The van der Waals surface area contributed by atoms with Crippen LogP contribution in [0.15, 0.2) is 12.2 Å². The zero-order chi connectivity index (χ0) is 12.9. The largest absolute Gasteiger partial charge is 0.379 e. The zero-order valence-electron chi connectivity index (χ0n) is 11.9. The van der Waals surface area contributed by atoms with Crippen LogP contribution < -0.4 is 5.32 Å². The first-order valence-corrected chi connectivity index (χ1v) is 6.68. The van der Waals surface area contributed by atoms with Crippen molar-refractivity contribution in [3.05, 3.63) is 12.2 Å². The molecule has 0 amide bonds. The van der Waals surface area contributed by atoms with E-state index < -0.39 is 0 Å². The van der Waals surface area contributed by atoms with Crippen molar-refractivity contribution in [1.29, 1.82) is 0 Å². The third kappa shape index (κ3) is 15.6. The van der Waals surface area contributed by atoms with Crippen LogP contribution >= 0.6 is 0 Å². The molecule has 0 aliphatic carbocycles. The van der Waals surface area contributed by atoms with Gasteiger partial charge in [-0.05, 0) is 12.3 Å². The molecule has 0 unspecified atom stereocenters. The lowest BCUT2D eigenvalue weighted by atomic mass is 10.2. The van der Waals surface area contributed by atoms with Crippen LogP contribution in [0.3, 0.4) is 0 Å². The van der Waals surface area contributed by atoms with E-state index >= 15 is 0 Å². The number of hydrogen-bond acceptors (Lipinski definition) is 3. The average molecular weight is 243 g/mol. The SMILES string of the molecule is CC(C)/C=C/CCOCCOCCNC(C)C. The fraction of sp³-hybridized carbons (Fsp3) is 0.857. The van der Waals surface area contributed by atoms with Crippen molar-refractivity contribution >= 4 is 0 Å². The molecule has 0 heterocycles. The summed E-state index contributed by atoms with van der Waals surface area (Å²) in [4.78, 5) is 0. The second kappa shape index (κ2) is 12.1. The maximum Gasteiger partial charge on any atom is 0.0701 e. The average Bonchev–Trinajstić information content (AvgIpc) is 2.25. The molecule has 0 spiro atoms. The van der Waals surface area contributed by atoms with Crippen LogP contribution in [0.2, 0.25) is 0 Å². The van der Waals surface area contributed by atoms with Gasteiger partial charge in [0.25, 0.3) is 0 Å². The Labute approximate surface area is 107 Å². The van der Waals surface area contributed by atoms with E-state index in [1.807, 2.05) is 0 Å². The second-order valence-corrected chi connectivity index (χ2v) is 4.79. The highest BCUT2D eigenvalue weighted by Crippen LogP contribution is 1.95. The molecule has 0 aromatic carbocycles. The van der Waals surface area contributed by atoms with Crippen molar-refractivity contribution in [2.24, 2.45) is 5.92 Å². The van der Waals surface area contributed by atoms with Gasteiger partial charge in [0.05, 0.1) is 26.4 Å². The predicted octanol–water partition coefficient (Wildman–Crippen LogP) is 2.62. The Balaban J connectivity index is 3.04. The topological polar surface area (TPSA) is 30.5 Å². The molecule has 0 bridgehead atoms. The number of ether oxygens (including phenoxy) is 2. The number of nitrogens with one attached hydrogen (secondary N) is 1. The van der Waals surface area contributed by atoms with Crippen LogP contribution in [0.25, 0.3) is 0 Å². The van der Waals surface area contributed by atoms with E-state index in [2.05, 4.69) is 45.2 Å². The molecule has 102 valence electrons. The minimum Gasteiger partial charge on any atom is -0.379 e. The smallest absolute Gasteiger partial charge is 0.0701 e. The van der Waals surface area contributed by atoms with Gasteiger partial charge in [-0.15, -0.1) is 0 Å². The first kappa shape index (κ1) is 16.6. The summed E-state index contributed by atoms with van der Waals surface area (Å²) in [6.07, 6.45) is 5.38. The van der Waals surface area contributed by atoms with Gasteiger partial charge in [0.15, 0.2) is 0 Å². The molecule has 3 heteroatoms. The fourth-order valence-corrected chi connectivity index (χ4v) is 1.26. The second-order valence-electron chi connectivity index (χ2n) is 4.79. The minimum atomic E-state index is 0.530. The predicted molar refractivity (Wildman–Crippen MR) is 73.4 cm³/mol. The van der Waals surface area contributed by atoms with Crippen molar-refractivity contribution in [3.63, 3.8) is 0 Å². The summed E-state index contributed by atoms with van der Waals surface area (Å²) in [7, 11) is 0. The third-order valence-electron chi connectivity index (χ3n) is 2.12. The Bertz CT molecular complexity index is 179. The molecule has 0 saturated heterocycles. The highest BCUT2D eigenvalue weighted by atomic mass is 16.5. The van der Waals surface area contributed by atoms with E-state index in [1.165, 1.54) is 0 Å². The monoisotopic (exact) mass is 243 g/mol. The van der Waals surface area contributed by atoms with E-state index in [-0.39, 0.29) is 0 Å². The third-order valence-corrected chi connectivity index (χ3v) is 2.12. The Morgan fingerprint density at radius 3 is 2.18 bits per heavy atom. The van der Waals surface area contributed by atoms with Crippen LogP contribution in [-0.2, 0) is 9.47 Å². The molecule has 0 fully saturated rings. The first-order valence-electron chi connectivity index (χ1n) is 6.68. The van der Waals surface area contributed by atoms with E-state index in [0.717, 1.165) is 26.2 Å². The van der Waals surface area contributed by atoms with Crippen LogP contribution in [0.4, 0.5) is 0 Å². The van der Waals surface area contributed by atoms with E-state index in [1.54, 1.807) is 0 Å². The van der Waals surface area contributed by atoms with E-state index in [0.29, 0.717) is 25.2 Å². The molecule has 3 nitrogen and oxygen atoms in total. The summed E-state index contributed by atoms with van der Waals surface area (Å²) in [6.45, 7) is 12.5. The molecular formula is C14H29NO2. The number of rotatable bonds is 11. The van der Waals surface area contributed by atoms with Gasteiger partial charge in [-0.1, -0.05) is 39.8 Å². The summed E-state index contributed by atoms with van der Waals surface area (Å²) < 4.78 is 10.9. The molecule has 0 aromatic rings. The molecule has 0 radical (unpaired) electrons. The van der Waals surface area contributed by atoms with E-state index in [9.17, 15) is 0 Å². The number of allylic oxidation sites excluding steroid dienone is 1. The minimum absolute atomic E-state index is 0.530. The van der Waals surface area contributed by atoms with Crippen LogP contribution in [-0.4, -0.2) is 39.0 Å². The lowest BCUT2D eigenvalue weighted by Gasteiger charge is -2.08. The van der Waals surface area contributed by atoms with Crippen molar-refractivity contribution in [3.8, 4) is 0 Å². The Morgan fingerprint density at radius 2 is 1.59 bits per heavy atom. The van der Waals surface area contributed by atoms with Crippen LogP contribution in [0.5, 0.6) is 0 Å². The fourth-order valence-electron chi connectivity index (χ4n) is 1.26. The van der Waals surface area contributed by atoms with Gasteiger partial charge in [-0.3, -0.25) is 0 Å². The highest BCUT2D eigenvalue weighted by Gasteiger charge is 1.92. The normalized spacial score (nSPS) is 12.1. The Kier molecular flexibility index (Phi) is 11.8. The molecule has 0 atom stereocenters. The molecule has 0 aliphatic heterocycles. The zero-order valence-corrected chi connectivity index (χ0v) is 11.9. The highest BCUT2D eigenvalue weighted by molar-refractivity contribution is 4.83. The lowest BCUT2D eigenvalue weighted by Crippen LogP contribution is -2.27. The maximum absolute atomic E-state index is 5.45. The summed E-state index contributed by atoms with van der Waals surface area (Å²) in [6, 6.07) is 0.530. The van der Waals surface area contributed by atoms with Gasteiger partial charge in [0, 0.05) is 12.6 Å². The molecule has 0 rings (SSSR count). The van der Waals surface area contributed by atoms with Crippen LogP contribution in [0, 0.1) is 5.92 Å². The lowest BCUT2D eigenvalue weighted by molar-refractivity contribution is 0.0501. The standard InChI is InChI=1S/C14H29NO2/c1-13(2)7-5-6-9-16-11-12-17-10-8-15-14(3)4/h5,7,13-15H,6,8-12H2,1-4H3/b7-5+. The molecule has 0 aliphatic rings. The first-order chi connectivity index (χ1) is 8.13. The van der Waals surface area contributed by atoms with Gasteiger partial charge in [0.2, 0.25) is 0 Å². The molecule has 17 heavy (non-hydrogen) atoms. The Hall–Kier alpha value is -0.380. The van der Waals surface area contributed by atoms with Crippen molar-refractivity contribution in [1.82, 2.24) is 5.32 Å². The van der Waals surface area contributed by atoms with E-state index in [4.69, 9.17) is 9.47 Å². The molecule has 1 N–H and O–H groups in total. The number of hydrogen-bond donors (Lipinski definition) is 1. The quantitative estimate of drug-likeness (QED) is 0.447.